The molecule has 0 bridgehead atoms. The Morgan fingerprint density at radius 1 is 1.53 bits per heavy atom. The Kier molecular flexibility index (Phi) is 4.97. The van der Waals surface area contributed by atoms with Crippen molar-refractivity contribution in [2.24, 2.45) is 0 Å². The van der Waals surface area contributed by atoms with Gasteiger partial charge in [0, 0.05) is 19.6 Å². The molecule has 1 aromatic rings. The van der Waals surface area contributed by atoms with Crippen molar-refractivity contribution in [1.29, 1.82) is 0 Å². The van der Waals surface area contributed by atoms with Crippen molar-refractivity contribution >= 4 is 6.09 Å². The van der Waals surface area contributed by atoms with E-state index in [9.17, 15) is 4.79 Å². The van der Waals surface area contributed by atoms with E-state index in [1.165, 1.54) is 4.90 Å². The van der Waals surface area contributed by atoms with E-state index in [4.69, 9.17) is 4.74 Å². The molecule has 0 fully saturated rings. The van der Waals surface area contributed by atoms with E-state index in [-0.39, 0.29) is 12.1 Å². The summed E-state index contributed by atoms with van der Waals surface area (Å²) in [6.07, 6.45) is -0.332. The number of nitrogens with one attached hydrogen (secondary N) is 1. The minimum Gasteiger partial charge on any atom is -0.410 e. The summed E-state index contributed by atoms with van der Waals surface area (Å²) < 4.78 is 5.26. The van der Waals surface area contributed by atoms with Gasteiger partial charge in [0.15, 0.2) is 0 Å². The van der Waals surface area contributed by atoms with Crippen molar-refractivity contribution < 1.29 is 9.53 Å². The first-order valence-electron chi connectivity index (χ1n) is 5.78. The number of rotatable bonds is 4. The number of ether oxygens (including phenoxy) is 1. The van der Waals surface area contributed by atoms with Crippen LogP contribution in [0.15, 0.2) is 24.3 Å². The summed E-state index contributed by atoms with van der Waals surface area (Å²) >= 11 is 0. The fraction of sp³-hybridized carbons (Fsp3) is 0.462. The predicted octanol–water partition coefficient (Wildman–Crippen LogP) is 2.42. The summed E-state index contributed by atoms with van der Waals surface area (Å²) in [5.74, 6) is 0.579. The Bertz CT molecular complexity index is 379. The zero-order valence-electron chi connectivity index (χ0n) is 10.9. The van der Waals surface area contributed by atoms with Crippen LogP contribution < -0.4 is 10.1 Å². The van der Waals surface area contributed by atoms with Gasteiger partial charge in [-0.15, -0.1) is 0 Å². The fourth-order valence-electron chi connectivity index (χ4n) is 1.32. The van der Waals surface area contributed by atoms with Crippen molar-refractivity contribution in [2.75, 3.05) is 20.6 Å². The van der Waals surface area contributed by atoms with Crippen molar-refractivity contribution in [2.45, 2.75) is 19.9 Å². The highest BCUT2D eigenvalue weighted by Crippen LogP contribution is 2.19. The van der Waals surface area contributed by atoms with Gasteiger partial charge in [-0.2, -0.15) is 0 Å². The molecule has 4 heteroatoms. The van der Waals surface area contributed by atoms with E-state index in [0.717, 1.165) is 5.56 Å². The average Bonchev–Trinajstić information content (AvgIpc) is 2.37. The van der Waals surface area contributed by atoms with Gasteiger partial charge < -0.3 is 15.0 Å². The van der Waals surface area contributed by atoms with Gasteiger partial charge in [-0.1, -0.05) is 12.1 Å². The third-order valence-corrected chi connectivity index (χ3v) is 2.78. The number of nitrogens with zero attached hydrogens (tertiary/aromatic N) is 1. The smallest absolute Gasteiger partial charge is 0.410 e. The van der Waals surface area contributed by atoms with Gasteiger partial charge in [0.25, 0.3) is 0 Å². The third kappa shape index (κ3) is 3.75. The molecule has 0 aromatic heterocycles. The molecule has 0 aliphatic carbocycles. The second kappa shape index (κ2) is 6.25. The molecule has 17 heavy (non-hydrogen) atoms. The number of amides is 1. The zero-order chi connectivity index (χ0) is 12.8. The summed E-state index contributed by atoms with van der Waals surface area (Å²) in [5, 5.41) is 3.14. The number of carbonyl (C=O) groups is 1. The lowest BCUT2D eigenvalue weighted by molar-refractivity contribution is 0.165. The van der Waals surface area contributed by atoms with Gasteiger partial charge in [-0.3, -0.25) is 0 Å². The van der Waals surface area contributed by atoms with Crippen LogP contribution in [0, 0.1) is 0 Å². The standard InChI is InChI=1S/C13H20N2O2/c1-5-15(4)13(16)17-12-8-6-7-11(9-12)10(2)14-3/h6-10,14H,5H2,1-4H3/t10-/m1/s1. The van der Waals surface area contributed by atoms with Gasteiger partial charge in [0.05, 0.1) is 0 Å². The Morgan fingerprint density at radius 2 is 2.24 bits per heavy atom. The van der Waals surface area contributed by atoms with Crippen LogP contribution >= 0.6 is 0 Å². The van der Waals surface area contributed by atoms with E-state index in [2.05, 4.69) is 12.2 Å². The quantitative estimate of drug-likeness (QED) is 0.873. The largest absolute Gasteiger partial charge is 0.414 e. The van der Waals surface area contributed by atoms with Gasteiger partial charge in [-0.25, -0.2) is 4.79 Å². The fourth-order valence-corrected chi connectivity index (χ4v) is 1.32. The molecule has 0 saturated heterocycles. The SMILES string of the molecule is CCN(C)C(=O)Oc1cccc([C@@H](C)NC)c1. The number of carbonyl (C=O) groups excluding carboxylic acids is 1. The molecule has 0 radical (unpaired) electrons. The normalized spacial score (nSPS) is 12.0. The molecular weight excluding hydrogens is 216 g/mol. The van der Waals surface area contributed by atoms with E-state index in [1.54, 1.807) is 13.1 Å². The molecule has 1 rings (SSSR count). The molecule has 0 saturated carbocycles. The van der Waals surface area contributed by atoms with Gasteiger partial charge in [0.2, 0.25) is 0 Å². The lowest BCUT2D eigenvalue weighted by Crippen LogP contribution is -2.29. The van der Waals surface area contributed by atoms with Crippen LogP contribution in [0.1, 0.15) is 25.5 Å². The van der Waals surface area contributed by atoms with Crippen LogP contribution in [-0.2, 0) is 0 Å². The summed E-state index contributed by atoms with van der Waals surface area (Å²) in [4.78, 5) is 13.1. The summed E-state index contributed by atoms with van der Waals surface area (Å²) in [6, 6.07) is 7.79. The lowest BCUT2D eigenvalue weighted by Gasteiger charge is -2.15. The molecule has 1 atom stereocenters. The lowest BCUT2D eigenvalue weighted by atomic mass is 10.1. The first-order valence-corrected chi connectivity index (χ1v) is 5.78. The molecule has 0 spiro atoms. The van der Waals surface area contributed by atoms with Crippen LogP contribution in [-0.4, -0.2) is 31.6 Å². The molecule has 0 unspecified atom stereocenters. The number of hydrogen-bond acceptors (Lipinski definition) is 3. The highest BCUT2D eigenvalue weighted by atomic mass is 16.6. The molecule has 1 aromatic carbocycles. The minimum absolute atomic E-state index is 0.234. The maximum Gasteiger partial charge on any atom is 0.414 e. The monoisotopic (exact) mass is 236 g/mol. The molecule has 0 heterocycles. The number of benzene rings is 1. The molecule has 0 aliphatic heterocycles. The van der Waals surface area contributed by atoms with E-state index in [0.29, 0.717) is 12.3 Å². The Hall–Kier alpha value is -1.55. The highest BCUT2D eigenvalue weighted by molar-refractivity contribution is 5.70. The molecule has 1 N–H and O–H groups in total. The molecule has 94 valence electrons. The Labute approximate surface area is 103 Å². The predicted molar refractivity (Wildman–Crippen MR) is 68.2 cm³/mol. The summed E-state index contributed by atoms with van der Waals surface area (Å²) in [6.45, 7) is 4.59. The first kappa shape index (κ1) is 13.5. The molecule has 1 amide bonds. The van der Waals surface area contributed by atoms with Crippen LogP contribution in [0.3, 0.4) is 0 Å². The van der Waals surface area contributed by atoms with E-state index in [1.807, 2.05) is 32.2 Å². The third-order valence-electron chi connectivity index (χ3n) is 2.78. The second-order valence-electron chi connectivity index (χ2n) is 3.96. The van der Waals surface area contributed by atoms with Crippen molar-refractivity contribution in [3.05, 3.63) is 29.8 Å². The number of hydrogen-bond donors (Lipinski definition) is 1. The van der Waals surface area contributed by atoms with Gasteiger partial charge >= 0.3 is 6.09 Å². The van der Waals surface area contributed by atoms with Crippen LogP contribution in [0.5, 0.6) is 5.75 Å². The zero-order valence-corrected chi connectivity index (χ0v) is 10.9. The van der Waals surface area contributed by atoms with Crippen LogP contribution in [0.2, 0.25) is 0 Å². The molecular formula is C13H20N2O2. The summed E-state index contributed by atoms with van der Waals surface area (Å²) in [5.41, 5.74) is 1.09. The van der Waals surface area contributed by atoms with Crippen molar-refractivity contribution in [1.82, 2.24) is 10.2 Å². The van der Waals surface area contributed by atoms with Crippen molar-refractivity contribution in [3.63, 3.8) is 0 Å². The van der Waals surface area contributed by atoms with Crippen molar-refractivity contribution in [3.8, 4) is 5.75 Å². The molecule has 4 nitrogen and oxygen atoms in total. The maximum absolute atomic E-state index is 11.6. The van der Waals surface area contributed by atoms with Crippen LogP contribution in [0.4, 0.5) is 4.79 Å². The topological polar surface area (TPSA) is 41.6 Å². The maximum atomic E-state index is 11.6. The minimum atomic E-state index is -0.332. The van der Waals surface area contributed by atoms with E-state index < -0.39 is 0 Å². The Balaban J connectivity index is 2.75. The summed E-state index contributed by atoms with van der Waals surface area (Å²) in [7, 11) is 3.61. The Morgan fingerprint density at radius 3 is 2.82 bits per heavy atom. The van der Waals surface area contributed by atoms with Gasteiger partial charge in [-0.05, 0) is 38.6 Å². The second-order valence-corrected chi connectivity index (χ2v) is 3.96. The molecule has 0 aliphatic rings. The van der Waals surface area contributed by atoms with Crippen LogP contribution in [0.25, 0.3) is 0 Å². The van der Waals surface area contributed by atoms with E-state index >= 15 is 0 Å². The highest BCUT2D eigenvalue weighted by Gasteiger charge is 2.10. The van der Waals surface area contributed by atoms with Gasteiger partial charge in [0.1, 0.15) is 5.75 Å². The average molecular weight is 236 g/mol. The first-order chi connectivity index (χ1) is 8.08.